The molecular weight excluding hydrogens is 356 g/mol. The molecule has 0 aromatic heterocycles. The van der Waals surface area contributed by atoms with Crippen LogP contribution in [0.15, 0.2) is 59.1 Å². The molecule has 2 amide bonds. The summed E-state index contributed by atoms with van der Waals surface area (Å²) < 4.78 is 0.965. The molecule has 1 atom stereocenters. The monoisotopic (exact) mass is 374 g/mol. The lowest BCUT2D eigenvalue weighted by Crippen LogP contribution is -2.38. The molecular formula is C18H19BrN2O2. The second-order valence-corrected chi connectivity index (χ2v) is 6.20. The summed E-state index contributed by atoms with van der Waals surface area (Å²) in [6.45, 7) is 1.88. The predicted molar refractivity (Wildman–Crippen MR) is 93.9 cm³/mol. The normalized spacial score (nSPS) is 11.6. The number of rotatable bonds is 6. The maximum absolute atomic E-state index is 11.9. The van der Waals surface area contributed by atoms with Gasteiger partial charge in [-0.15, -0.1) is 0 Å². The highest BCUT2D eigenvalue weighted by Gasteiger charge is 2.11. The Bertz CT molecular complexity index is 674. The first-order valence-electron chi connectivity index (χ1n) is 7.40. The fraction of sp³-hybridized carbons (Fsp3) is 0.222. The molecule has 0 aliphatic carbocycles. The van der Waals surface area contributed by atoms with E-state index in [0.717, 1.165) is 15.6 Å². The third kappa shape index (κ3) is 5.87. The number of hydrogen-bond donors (Lipinski definition) is 2. The average Bonchev–Trinajstić information content (AvgIpc) is 2.54. The van der Waals surface area contributed by atoms with Crippen LogP contribution in [0.3, 0.4) is 0 Å². The summed E-state index contributed by atoms with van der Waals surface area (Å²) in [4.78, 5) is 23.8. The molecule has 0 saturated heterocycles. The van der Waals surface area contributed by atoms with Crippen LogP contribution in [0.4, 0.5) is 0 Å². The molecule has 0 bridgehead atoms. The zero-order valence-electron chi connectivity index (χ0n) is 12.9. The summed E-state index contributed by atoms with van der Waals surface area (Å²) in [7, 11) is 0. The van der Waals surface area contributed by atoms with Gasteiger partial charge in [-0.1, -0.05) is 58.4 Å². The van der Waals surface area contributed by atoms with Gasteiger partial charge < -0.3 is 10.6 Å². The molecule has 0 aliphatic rings. The summed E-state index contributed by atoms with van der Waals surface area (Å²) in [5.41, 5.74) is 1.93. The standard InChI is InChI=1S/C18H19BrN2O2/c1-13(15-8-5-9-16(19)11-15)21-18(23)12-20-17(22)10-14-6-3-2-4-7-14/h2-9,11,13H,10,12H2,1H3,(H,20,22)(H,21,23)/t13-/m0/s1. The van der Waals surface area contributed by atoms with Gasteiger partial charge in [0.15, 0.2) is 0 Å². The Labute approximate surface area is 144 Å². The van der Waals surface area contributed by atoms with Crippen molar-refractivity contribution >= 4 is 27.7 Å². The first-order valence-corrected chi connectivity index (χ1v) is 8.19. The van der Waals surface area contributed by atoms with Crippen molar-refractivity contribution in [2.45, 2.75) is 19.4 Å². The van der Waals surface area contributed by atoms with E-state index in [9.17, 15) is 9.59 Å². The molecule has 0 fully saturated rings. The molecule has 0 radical (unpaired) electrons. The van der Waals surface area contributed by atoms with Gasteiger partial charge in [0.1, 0.15) is 0 Å². The zero-order valence-corrected chi connectivity index (χ0v) is 14.5. The molecule has 4 nitrogen and oxygen atoms in total. The zero-order chi connectivity index (χ0) is 16.7. The number of carbonyl (C=O) groups is 2. The number of nitrogens with one attached hydrogen (secondary N) is 2. The van der Waals surface area contributed by atoms with Gasteiger partial charge in [-0.2, -0.15) is 0 Å². The Kier molecular flexibility index (Phi) is 6.35. The van der Waals surface area contributed by atoms with Gasteiger partial charge in [-0.05, 0) is 30.2 Å². The number of benzene rings is 2. The van der Waals surface area contributed by atoms with Crippen molar-refractivity contribution in [3.63, 3.8) is 0 Å². The molecule has 23 heavy (non-hydrogen) atoms. The first-order chi connectivity index (χ1) is 11.0. The van der Waals surface area contributed by atoms with Crippen molar-refractivity contribution in [2.75, 3.05) is 6.54 Å². The van der Waals surface area contributed by atoms with E-state index in [1.165, 1.54) is 0 Å². The summed E-state index contributed by atoms with van der Waals surface area (Å²) in [5.74, 6) is -0.375. The molecule has 2 N–H and O–H groups in total. The summed E-state index contributed by atoms with van der Waals surface area (Å²) in [5, 5.41) is 5.51. The van der Waals surface area contributed by atoms with Crippen molar-refractivity contribution in [1.29, 1.82) is 0 Å². The molecule has 0 saturated carbocycles. The Morgan fingerprint density at radius 3 is 2.48 bits per heavy atom. The van der Waals surface area contributed by atoms with Crippen LogP contribution in [-0.2, 0) is 16.0 Å². The van der Waals surface area contributed by atoms with E-state index >= 15 is 0 Å². The quantitative estimate of drug-likeness (QED) is 0.816. The van der Waals surface area contributed by atoms with Gasteiger partial charge in [0, 0.05) is 4.47 Å². The SMILES string of the molecule is C[C@H](NC(=O)CNC(=O)Cc1ccccc1)c1cccc(Br)c1. The minimum absolute atomic E-state index is 0.0238. The Morgan fingerprint density at radius 1 is 1.04 bits per heavy atom. The molecule has 2 aromatic carbocycles. The third-order valence-electron chi connectivity index (χ3n) is 3.38. The van der Waals surface area contributed by atoms with Crippen molar-refractivity contribution in [1.82, 2.24) is 10.6 Å². The van der Waals surface area contributed by atoms with E-state index in [2.05, 4.69) is 26.6 Å². The molecule has 0 unspecified atom stereocenters. The van der Waals surface area contributed by atoms with Crippen LogP contribution in [0.1, 0.15) is 24.1 Å². The van der Waals surface area contributed by atoms with Crippen LogP contribution in [0.2, 0.25) is 0 Å². The molecule has 0 spiro atoms. The van der Waals surface area contributed by atoms with Crippen molar-refractivity contribution in [2.24, 2.45) is 0 Å². The summed E-state index contributed by atoms with van der Waals surface area (Å²) in [6, 6.07) is 17.1. The van der Waals surface area contributed by atoms with Gasteiger partial charge >= 0.3 is 0 Å². The molecule has 0 aliphatic heterocycles. The van der Waals surface area contributed by atoms with Crippen LogP contribution in [0.25, 0.3) is 0 Å². The summed E-state index contributed by atoms with van der Waals surface area (Å²) >= 11 is 3.41. The lowest BCUT2D eigenvalue weighted by molar-refractivity contribution is -0.126. The molecule has 5 heteroatoms. The minimum Gasteiger partial charge on any atom is -0.348 e. The maximum atomic E-state index is 11.9. The van der Waals surface area contributed by atoms with Crippen LogP contribution in [-0.4, -0.2) is 18.4 Å². The van der Waals surface area contributed by atoms with Crippen molar-refractivity contribution < 1.29 is 9.59 Å². The van der Waals surface area contributed by atoms with E-state index in [0.29, 0.717) is 0 Å². The molecule has 0 heterocycles. The van der Waals surface area contributed by atoms with Gasteiger partial charge in [0.05, 0.1) is 19.0 Å². The number of carbonyl (C=O) groups excluding carboxylic acids is 2. The molecule has 120 valence electrons. The number of amides is 2. The Hall–Kier alpha value is -2.14. The highest BCUT2D eigenvalue weighted by molar-refractivity contribution is 9.10. The largest absolute Gasteiger partial charge is 0.348 e. The molecule has 2 rings (SSSR count). The third-order valence-corrected chi connectivity index (χ3v) is 3.87. The van der Waals surface area contributed by atoms with Gasteiger partial charge in [-0.25, -0.2) is 0 Å². The summed E-state index contributed by atoms with van der Waals surface area (Å²) in [6.07, 6.45) is 0.273. The number of hydrogen-bond acceptors (Lipinski definition) is 2. The lowest BCUT2D eigenvalue weighted by atomic mass is 10.1. The van der Waals surface area contributed by atoms with E-state index in [1.807, 2.05) is 61.5 Å². The van der Waals surface area contributed by atoms with Gasteiger partial charge in [-0.3, -0.25) is 9.59 Å². The fourth-order valence-corrected chi connectivity index (χ4v) is 2.59. The lowest BCUT2D eigenvalue weighted by Gasteiger charge is -2.15. The Balaban J connectivity index is 1.77. The van der Waals surface area contributed by atoms with E-state index in [1.54, 1.807) is 0 Å². The van der Waals surface area contributed by atoms with Crippen LogP contribution >= 0.6 is 15.9 Å². The highest BCUT2D eigenvalue weighted by Crippen LogP contribution is 2.17. The topological polar surface area (TPSA) is 58.2 Å². The second-order valence-electron chi connectivity index (χ2n) is 5.28. The van der Waals surface area contributed by atoms with Crippen molar-refractivity contribution in [3.05, 3.63) is 70.2 Å². The first kappa shape index (κ1) is 17.2. The second kappa shape index (κ2) is 8.48. The minimum atomic E-state index is -0.209. The van der Waals surface area contributed by atoms with Crippen LogP contribution in [0, 0.1) is 0 Å². The fourth-order valence-electron chi connectivity index (χ4n) is 2.17. The van der Waals surface area contributed by atoms with E-state index < -0.39 is 0 Å². The maximum Gasteiger partial charge on any atom is 0.239 e. The average molecular weight is 375 g/mol. The van der Waals surface area contributed by atoms with Crippen molar-refractivity contribution in [3.8, 4) is 0 Å². The van der Waals surface area contributed by atoms with E-state index in [4.69, 9.17) is 0 Å². The van der Waals surface area contributed by atoms with Crippen LogP contribution < -0.4 is 10.6 Å². The number of halogens is 1. The van der Waals surface area contributed by atoms with Gasteiger partial charge in [0.2, 0.25) is 11.8 Å². The van der Waals surface area contributed by atoms with Gasteiger partial charge in [0.25, 0.3) is 0 Å². The van der Waals surface area contributed by atoms with E-state index in [-0.39, 0.29) is 30.8 Å². The highest BCUT2D eigenvalue weighted by atomic mass is 79.9. The predicted octanol–water partition coefficient (Wildman–Crippen LogP) is 2.99. The smallest absolute Gasteiger partial charge is 0.239 e. The Morgan fingerprint density at radius 2 is 1.78 bits per heavy atom. The molecule has 2 aromatic rings. The van der Waals surface area contributed by atoms with Crippen LogP contribution in [0.5, 0.6) is 0 Å².